The van der Waals surface area contributed by atoms with Crippen molar-refractivity contribution in [2.75, 3.05) is 23.9 Å². The standard InChI is InChI=1S/C18H21BrClN3/c1-4-11-23(16-8-5-14(19)6-9-16)22-13(2)17-12-15(20)7-10-18(17)21-3/h5-10,12,21H,4,11H2,1-3H3/b22-13+. The highest BCUT2D eigenvalue weighted by molar-refractivity contribution is 9.10. The van der Waals surface area contributed by atoms with Gasteiger partial charge < -0.3 is 5.32 Å². The van der Waals surface area contributed by atoms with E-state index < -0.39 is 0 Å². The summed E-state index contributed by atoms with van der Waals surface area (Å²) in [6.45, 7) is 5.01. The Morgan fingerprint density at radius 1 is 1.22 bits per heavy atom. The van der Waals surface area contributed by atoms with Crippen LogP contribution in [0.1, 0.15) is 25.8 Å². The molecule has 0 bridgehead atoms. The average molecular weight is 395 g/mol. The third-order valence-corrected chi connectivity index (χ3v) is 4.24. The Labute approximate surface area is 151 Å². The van der Waals surface area contributed by atoms with Crippen molar-refractivity contribution in [2.24, 2.45) is 5.10 Å². The number of anilines is 2. The van der Waals surface area contributed by atoms with Gasteiger partial charge in [0.2, 0.25) is 0 Å². The lowest BCUT2D eigenvalue weighted by atomic mass is 10.1. The van der Waals surface area contributed by atoms with Crippen molar-refractivity contribution in [2.45, 2.75) is 20.3 Å². The van der Waals surface area contributed by atoms with E-state index in [0.717, 1.165) is 40.1 Å². The number of hydrogen-bond donors (Lipinski definition) is 1. The van der Waals surface area contributed by atoms with E-state index in [0.29, 0.717) is 5.02 Å². The van der Waals surface area contributed by atoms with Gasteiger partial charge in [0.25, 0.3) is 0 Å². The summed E-state index contributed by atoms with van der Waals surface area (Å²) in [6.07, 6.45) is 1.02. The van der Waals surface area contributed by atoms with Gasteiger partial charge in [-0.05, 0) is 55.8 Å². The summed E-state index contributed by atoms with van der Waals surface area (Å²) in [4.78, 5) is 0. The maximum Gasteiger partial charge on any atom is 0.0672 e. The minimum absolute atomic E-state index is 0.708. The predicted molar refractivity (Wildman–Crippen MR) is 105 cm³/mol. The lowest BCUT2D eigenvalue weighted by molar-refractivity contribution is 0.806. The zero-order valence-corrected chi connectivity index (χ0v) is 15.9. The maximum absolute atomic E-state index is 6.15. The molecule has 0 amide bonds. The van der Waals surface area contributed by atoms with Gasteiger partial charge in [-0.15, -0.1) is 0 Å². The Morgan fingerprint density at radius 2 is 1.91 bits per heavy atom. The van der Waals surface area contributed by atoms with Crippen molar-refractivity contribution in [3.63, 3.8) is 0 Å². The smallest absolute Gasteiger partial charge is 0.0672 e. The number of nitrogens with one attached hydrogen (secondary N) is 1. The van der Waals surface area contributed by atoms with Gasteiger partial charge >= 0.3 is 0 Å². The lowest BCUT2D eigenvalue weighted by Crippen LogP contribution is -2.19. The van der Waals surface area contributed by atoms with E-state index in [1.165, 1.54) is 0 Å². The monoisotopic (exact) mass is 393 g/mol. The molecule has 0 saturated heterocycles. The predicted octanol–water partition coefficient (Wildman–Crippen LogP) is 5.78. The van der Waals surface area contributed by atoms with Crippen molar-refractivity contribution >= 4 is 44.6 Å². The number of benzene rings is 2. The van der Waals surface area contributed by atoms with Crippen molar-refractivity contribution in [3.8, 4) is 0 Å². The Hall–Kier alpha value is -1.52. The van der Waals surface area contributed by atoms with Gasteiger partial charge in [-0.2, -0.15) is 5.10 Å². The molecule has 0 spiro atoms. The molecule has 3 nitrogen and oxygen atoms in total. The van der Waals surface area contributed by atoms with Crippen molar-refractivity contribution in [1.29, 1.82) is 0 Å². The molecule has 0 unspecified atom stereocenters. The van der Waals surface area contributed by atoms with Gasteiger partial charge in [0.15, 0.2) is 0 Å². The quantitative estimate of drug-likeness (QED) is 0.496. The van der Waals surface area contributed by atoms with Crippen LogP contribution in [-0.2, 0) is 0 Å². The fourth-order valence-electron chi connectivity index (χ4n) is 2.33. The molecular formula is C18H21BrClN3. The zero-order chi connectivity index (χ0) is 16.8. The van der Waals surface area contributed by atoms with Crippen LogP contribution in [0, 0.1) is 0 Å². The van der Waals surface area contributed by atoms with Crippen LogP contribution in [0.25, 0.3) is 0 Å². The topological polar surface area (TPSA) is 27.6 Å². The van der Waals surface area contributed by atoms with Crippen LogP contribution < -0.4 is 10.3 Å². The minimum Gasteiger partial charge on any atom is -0.388 e. The molecule has 0 fully saturated rings. The molecule has 0 radical (unpaired) electrons. The van der Waals surface area contributed by atoms with Crippen molar-refractivity contribution in [1.82, 2.24) is 0 Å². The molecule has 0 saturated carbocycles. The summed E-state index contributed by atoms with van der Waals surface area (Å²) in [5, 5.41) is 10.8. The Kier molecular flexibility index (Phi) is 6.48. The Balaban J connectivity index is 2.38. The first-order chi connectivity index (χ1) is 11.0. The first kappa shape index (κ1) is 17.8. The summed E-state index contributed by atoms with van der Waals surface area (Å²) in [5.41, 5.74) is 4.02. The van der Waals surface area contributed by atoms with Gasteiger partial charge in [-0.3, -0.25) is 5.01 Å². The lowest BCUT2D eigenvalue weighted by Gasteiger charge is -2.20. The maximum atomic E-state index is 6.15. The second-order valence-corrected chi connectivity index (χ2v) is 6.58. The molecular weight excluding hydrogens is 374 g/mol. The van der Waals surface area contributed by atoms with E-state index in [4.69, 9.17) is 16.7 Å². The molecule has 1 N–H and O–H groups in total. The molecule has 122 valence electrons. The van der Waals surface area contributed by atoms with Crippen LogP contribution in [0.4, 0.5) is 11.4 Å². The van der Waals surface area contributed by atoms with Crippen LogP contribution >= 0.6 is 27.5 Å². The summed E-state index contributed by atoms with van der Waals surface area (Å²) in [6, 6.07) is 14.0. The van der Waals surface area contributed by atoms with Gasteiger partial charge in [0.05, 0.1) is 11.4 Å². The largest absolute Gasteiger partial charge is 0.388 e. The molecule has 2 aromatic carbocycles. The van der Waals surface area contributed by atoms with E-state index in [9.17, 15) is 0 Å². The van der Waals surface area contributed by atoms with E-state index in [1.54, 1.807) is 0 Å². The highest BCUT2D eigenvalue weighted by atomic mass is 79.9. The fraction of sp³-hybridized carbons (Fsp3) is 0.278. The highest BCUT2D eigenvalue weighted by Crippen LogP contribution is 2.23. The summed E-state index contributed by atoms with van der Waals surface area (Å²) < 4.78 is 1.06. The molecule has 0 aromatic heterocycles. The van der Waals surface area contributed by atoms with Crippen LogP contribution in [0.15, 0.2) is 52.0 Å². The molecule has 0 aliphatic rings. The summed E-state index contributed by atoms with van der Waals surface area (Å²) >= 11 is 9.62. The Bertz CT molecular complexity index is 683. The highest BCUT2D eigenvalue weighted by Gasteiger charge is 2.09. The summed E-state index contributed by atoms with van der Waals surface area (Å²) in [5.74, 6) is 0. The molecule has 0 heterocycles. The Morgan fingerprint density at radius 3 is 2.52 bits per heavy atom. The van der Waals surface area contributed by atoms with Gasteiger partial charge in [-0.1, -0.05) is 34.5 Å². The van der Waals surface area contributed by atoms with Crippen molar-refractivity contribution in [3.05, 3.63) is 57.5 Å². The molecule has 0 atom stereocenters. The number of rotatable bonds is 6. The van der Waals surface area contributed by atoms with E-state index in [-0.39, 0.29) is 0 Å². The molecule has 0 aliphatic carbocycles. The van der Waals surface area contributed by atoms with E-state index >= 15 is 0 Å². The van der Waals surface area contributed by atoms with Crippen LogP contribution in [0.2, 0.25) is 5.02 Å². The molecule has 23 heavy (non-hydrogen) atoms. The van der Waals surface area contributed by atoms with Crippen LogP contribution in [-0.4, -0.2) is 19.3 Å². The van der Waals surface area contributed by atoms with Crippen molar-refractivity contribution < 1.29 is 0 Å². The number of halogens is 2. The van der Waals surface area contributed by atoms with Gasteiger partial charge in [0, 0.05) is 34.3 Å². The average Bonchev–Trinajstić information content (AvgIpc) is 2.55. The zero-order valence-electron chi connectivity index (χ0n) is 13.6. The molecule has 0 aliphatic heterocycles. The first-order valence-electron chi connectivity index (χ1n) is 7.61. The number of hydrogen-bond acceptors (Lipinski definition) is 3. The number of hydrazone groups is 1. The third kappa shape index (κ3) is 4.72. The van der Waals surface area contributed by atoms with Crippen LogP contribution in [0.5, 0.6) is 0 Å². The van der Waals surface area contributed by atoms with Gasteiger partial charge in [0.1, 0.15) is 0 Å². The third-order valence-electron chi connectivity index (χ3n) is 3.47. The van der Waals surface area contributed by atoms with E-state index in [2.05, 4.69) is 40.3 Å². The first-order valence-corrected chi connectivity index (χ1v) is 8.78. The van der Waals surface area contributed by atoms with E-state index in [1.807, 2.05) is 49.3 Å². The second-order valence-electron chi connectivity index (χ2n) is 5.22. The van der Waals surface area contributed by atoms with Gasteiger partial charge in [-0.25, -0.2) is 0 Å². The summed E-state index contributed by atoms with van der Waals surface area (Å²) in [7, 11) is 1.90. The molecule has 2 aromatic rings. The normalized spacial score (nSPS) is 11.4. The van der Waals surface area contributed by atoms with Crippen LogP contribution in [0.3, 0.4) is 0 Å². The molecule has 2 rings (SSSR count). The fourth-order valence-corrected chi connectivity index (χ4v) is 2.77. The second kappa shape index (κ2) is 8.37. The SMILES string of the molecule is CCCN(/N=C(\C)c1cc(Cl)ccc1NC)c1ccc(Br)cc1. The number of nitrogens with zero attached hydrogens (tertiary/aromatic N) is 2. The molecule has 5 heteroatoms. The minimum atomic E-state index is 0.708.